The molecule has 0 fully saturated rings. The quantitative estimate of drug-likeness (QED) is 0.914. The van der Waals surface area contributed by atoms with E-state index in [9.17, 15) is 0 Å². The molecule has 0 aliphatic carbocycles. The lowest BCUT2D eigenvalue weighted by Crippen LogP contribution is -2.23. The number of hydrogen-bond donors (Lipinski definition) is 1. The van der Waals surface area contributed by atoms with E-state index in [1.165, 1.54) is 16.7 Å². The molecule has 1 aliphatic heterocycles. The summed E-state index contributed by atoms with van der Waals surface area (Å²) >= 11 is 0. The van der Waals surface area contributed by atoms with Gasteiger partial charge in [0.1, 0.15) is 24.2 Å². The summed E-state index contributed by atoms with van der Waals surface area (Å²) in [5.74, 6) is 1.93. The average molecular weight is 283 g/mol. The maximum atomic E-state index is 5.97. The molecule has 1 N–H and O–H groups in total. The Balaban J connectivity index is 1.62. The summed E-state index contributed by atoms with van der Waals surface area (Å²) < 4.78 is 11.9. The largest absolute Gasteiger partial charge is 0.489 e. The van der Waals surface area contributed by atoms with Gasteiger partial charge >= 0.3 is 0 Å². The molecule has 3 rings (SSSR count). The fourth-order valence-corrected chi connectivity index (χ4v) is 2.71. The molecule has 110 valence electrons. The number of nitrogens with one attached hydrogen (secondary N) is 1. The highest BCUT2D eigenvalue weighted by Crippen LogP contribution is 2.30. The monoisotopic (exact) mass is 283 g/mol. The van der Waals surface area contributed by atoms with E-state index < -0.39 is 0 Å². The molecular weight excluding hydrogens is 262 g/mol. The molecule has 0 saturated carbocycles. The van der Waals surface area contributed by atoms with E-state index in [1.54, 1.807) is 0 Å². The predicted molar refractivity (Wildman–Crippen MR) is 84.0 cm³/mol. The molecule has 0 saturated heterocycles. The van der Waals surface area contributed by atoms with Crippen molar-refractivity contribution in [3.05, 3.63) is 59.2 Å². The SMILES string of the molecule is CNCc1ccccc1OCC1Cc2cc(C)ccc2O1. The molecular formula is C18H21NO2. The van der Waals surface area contributed by atoms with Crippen molar-refractivity contribution in [2.75, 3.05) is 13.7 Å². The van der Waals surface area contributed by atoms with E-state index in [1.807, 2.05) is 25.2 Å². The maximum Gasteiger partial charge on any atom is 0.137 e. The van der Waals surface area contributed by atoms with Crippen molar-refractivity contribution >= 4 is 0 Å². The van der Waals surface area contributed by atoms with Crippen molar-refractivity contribution in [2.45, 2.75) is 26.0 Å². The van der Waals surface area contributed by atoms with Crippen LogP contribution in [0.1, 0.15) is 16.7 Å². The van der Waals surface area contributed by atoms with Gasteiger partial charge in [-0.2, -0.15) is 0 Å². The Morgan fingerprint density at radius 3 is 2.95 bits per heavy atom. The minimum Gasteiger partial charge on any atom is -0.489 e. The van der Waals surface area contributed by atoms with Gasteiger partial charge in [-0.1, -0.05) is 35.9 Å². The number of benzene rings is 2. The van der Waals surface area contributed by atoms with Gasteiger partial charge in [-0.3, -0.25) is 0 Å². The second-order valence-corrected chi connectivity index (χ2v) is 5.50. The van der Waals surface area contributed by atoms with Crippen molar-refractivity contribution in [2.24, 2.45) is 0 Å². The second kappa shape index (κ2) is 6.19. The van der Waals surface area contributed by atoms with Gasteiger partial charge in [-0.15, -0.1) is 0 Å². The van der Waals surface area contributed by atoms with Crippen molar-refractivity contribution in [3.8, 4) is 11.5 Å². The van der Waals surface area contributed by atoms with Crippen LogP contribution in [0.25, 0.3) is 0 Å². The van der Waals surface area contributed by atoms with Crippen LogP contribution in [0.15, 0.2) is 42.5 Å². The minimum atomic E-state index is 0.101. The van der Waals surface area contributed by atoms with E-state index >= 15 is 0 Å². The fraction of sp³-hybridized carbons (Fsp3) is 0.333. The highest BCUT2D eigenvalue weighted by molar-refractivity contribution is 5.40. The van der Waals surface area contributed by atoms with Crippen LogP contribution in [0, 0.1) is 6.92 Å². The molecule has 0 aromatic heterocycles. The third-order valence-electron chi connectivity index (χ3n) is 3.72. The summed E-state index contributed by atoms with van der Waals surface area (Å²) in [5, 5.41) is 3.16. The molecule has 3 nitrogen and oxygen atoms in total. The zero-order valence-electron chi connectivity index (χ0n) is 12.6. The lowest BCUT2D eigenvalue weighted by molar-refractivity contribution is 0.147. The standard InChI is InChI=1S/C18H21NO2/c1-13-7-8-18-15(9-13)10-16(21-18)12-20-17-6-4-3-5-14(17)11-19-2/h3-9,16,19H,10-12H2,1-2H3. The number of hydrogen-bond acceptors (Lipinski definition) is 3. The van der Waals surface area contributed by atoms with Crippen molar-refractivity contribution in [3.63, 3.8) is 0 Å². The van der Waals surface area contributed by atoms with Crippen molar-refractivity contribution in [1.29, 1.82) is 0 Å². The molecule has 21 heavy (non-hydrogen) atoms. The summed E-state index contributed by atoms with van der Waals surface area (Å²) in [7, 11) is 1.94. The van der Waals surface area contributed by atoms with Crippen LogP contribution in [0.4, 0.5) is 0 Å². The van der Waals surface area contributed by atoms with Crippen molar-refractivity contribution in [1.82, 2.24) is 5.32 Å². The van der Waals surface area contributed by atoms with Gasteiger partial charge in [0, 0.05) is 18.5 Å². The number of fused-ring (bicyclic) bond motifs is 1. The number of ether oxygens (including phenoxy) is 2. The lowest BCUT2D eigenvalue weighted by atomic mass is 10.1. The fourth-order valence-electron chi connectivity index (χ4n) is 2.71. The molecule has 0 spiro atoms. The number of rotatable bonds is 5. The van der Waals surface area contributed by atoms with Gasteiger partial charge in [0.05, 0.1) is 0 Å². The maximum absolute atomic E-state index is 5.97. The molecule has 2 aromatic rings. The molecule has 1 heterocycles. The zero-order chi connectivity index (χ0) is 14.7. The summed E-state index contributed by atoms with van der Waals surface area (Å²) in [5.41, 5.74) is 3.73. The predicted octanol–water partition coefficient (Wildman–Crippen LogP) is 3.10. The Labute approximate surface area is 125 Å². The average Bonchev–Trinajstić information content (AvgIpc) is 2.88. The second-order valence-electron chi connectivity index (χ2n) is 5.50. The van der Waals surface area contributed by atoms with Crippen LogP contribution in [0.5, 0.6) is 11.5 Å². The highest BCUT2D eigenvalue weighted by Gasteiger charge is 2.23. The first-order valence-corrected chi connectivity index (χ1v) is 7.38. The smallest absolute Gasteiger partial charge is 0.137 e. The van der Waals surface area contributed by atoms with Gasteiger partial charge in [0.25, 0.3) is 0 Å². The van der Waals surface area contributed by atoms with Crippen LogP contribution in [-0.4, -0.2) is 19.8 Å². The molecule has 0 bridgehead atoms. The van der Waals surface area contributed by atoms with Crippen LogP contribution in [0.2, 0.25) is 0 Å². The third-order valence-corrected chi connectivity index (χ3v) is 3.72. The molecule has 0 radical (unpaired) electrons. The molecule has 0 amide bonds. The number of aryl methyl sites for hydroxylation is 1. The minimum absolute atomic E-state index is 0.101. The van der Waals surface area contributed by atoms with Gasteiger partial charge in [0.15, 0.2) is 0 Å². The van der Waals surface area contributed by atoms with Crippen LogP contribution < -0.4 is 14.8 Å². The Bertz CT molecular complexity index is 624. The molecule has 1 unspecified atom stereocenters. The molecule has 2 aromatic carbocycles. The van der Waals surface area contributed by atoms with Crippen LogP contribution in [0.3, 0.4) is 0 Å². The summed E-state index contributed by atoms with van der Waals surface area (Å²) in [6.45, 7) is 3.49. The lowest BCUT2D eigenvalue weighted by Gasteiger charge is -2.15. The van der Waals surface area contributed by atoms with Gasteiger partial charge in [0.2, 0.25) is 0 Å². The zero-order valence-corrected chi connectivity index (χ0v) is 12.6. The van der Waals surface area contributed by atoms with E-state index in [2.05, 4.69) is 36.5 Å². The Kier molecular flexibility index (Phi) is 4.11. The van der Waals surface area contributed by atoms with Gasteiger partial charge < -0.3 is 14.8 Å². The molecule has 3 heteroatoms. The first kappa shape index (κ1) is 14.0. The number of para-hydroxylation sites is 1. The van der Waals surface area contributed by atoms with Gasteiger partial charge in [-0.05, 0) is 31.7 Å². The normalized spacial score (nSPS) is 16.4. The summed E-state index contributed by atoms with van der Waals surface area (Å²) in [6, 6.07) is 14.5. The third kappa shape index (κ3) is 3.19. The van der Waals surface area contributed by atoms with E-state index in [4.69, 9.17) is 9.47 Å². The first-order chi connectivity index (χ1) is 10.3. The van der Waals surface area contributed by atoms with Crippen molar-refractivity contribution < 1.29 is 9.47 Å². The summed E-state index contributed by atoms with van der Waals surface area (Å²) in [4.78, 5) is 0. The first-order valence-electron chi connectivity index (χ1n) is 7.38. The molecule has 1 aliphatic rings. The van der Waals surface area contributed by atoms with Crippen LogP contribution in [-0.2, 0) is 13.0 Å². The highest BCUT2D eigenvalue weighted by atomic mass is 16.5. The molecule has 1 atom stereocenters. The topological polar surface area (TPSA) is 30.5 Å². The Morgan fingerprint density at radius 2 is 2.10 bits per heavy atom. The summed E-state index contributed by atoms with van der Waals surface area (Å²) in [6.07, 6.45) is 1.02. The Morgan fingerprint density at radius 1 is 1.24 bits per heavy atom. The van der Waals surface area contributed by atoms with E-state index in [-0.39, 0.29) is 6.10 Å². The van der Waals surface area contributed by atoms with E-state index in [0.29, 0.717) is 6.61 Å². The van der Waals surface area contributed by atoms with Crippen LogP contribution >= 0.6 is 0 Å². The van der Waals surface area contributed by atoms with E-state index in [0.717, 1.165) is 24.5 Å². The Hall–Kier alpha value is -2.00. The van der Waals surface area contributed by atoms with Gasteiger partial charge in [-0.25, -0.2) is 0 Å².